The van der Waals surface area contributed by atoms with Gasteiger partial charge in [0.1, 0.15) is 5.82 Å². The van der Waals surface area contributed by atoms with E-state index in [1.54, 1.807) is 4.68 Å². The summed E-state index contributed by atoms with van der Waals surface area (Å²) in [5, 5.41) is 21.7. The molecule has 3 aromatic heterocycles. The Kier molecular flexibility index (Phi) is 3.63. The molecular formula is C19H19N7O. The van der Waals surface area contributed by atoms with E-state index in [9.17, 15) is 0 Å². The van der Waals surface area contributed by atoms with Crippen molar-refractivity contribution in [1.29, 1.82) is 0 Å². The van der Waals surface area contributed by atoms with E-state index < -0.39 is 0 Å². The van der Waals surface area contributed by atoms with Gasteiger partial charge in [-0.1, -0.05) is 30.3 Å². The lowest BCUT2D eigenvalue weighted by Gasteiger charge is -2.21. The molecule has 0 saturated carbocycles. The number of aromatic nitrogens is 7. The van der Waals surface area contributed by atoms with Crippen molar-refractivity contribution in [2.24, 2.45) is 7.05 Å². The molecule has 136 valence electrons. The molecule has 1 aliphatic rings. The van der Waals surface area contributed by atoms with Crippen molar-refractivity contribution >= 4 is 0 Å². The van der Waals surface area contributed by atoms with Gasteiger partial charge < -0.3 is 8.98 Å². The van der Waals surface area contributed by atoms with Crippen LogP contribution in [-0.2, 0) is 20.0 Å². The fourth-order valence-electron chi connectivity index (χ4n) is 3.65. The van der Waals surface area contributed by atoms with Gasteiger partial charge >= 0.3 is 0 Å². The smallest absolute Gasteiger partial charge is 0.251 e. The lowest BCUT2D eigenvalue weighted by molar-refractivity contribution is 0.373. The minimum Gasteiger partial charge on any atom is -0.420 e. The molecular weight excluding hydrogens is 342 g/mol. The van der Waals surface area contributed by atoms with Crippen LogP contribution in [0.3, 0.4) is 0 Å². The van der Waals surface area contributed by atoms with Gasteiger partial charge in [-0.3, -0.25) is 4.68 Å². The number of fused-ring (bicyclic) bond motifs is 1. The Bertz CT molecular complexity index is 1090. The van der Waals surface area contributed by atoms with Crippen LogP contribution < -0.4 is 0 Å². The Morgan fingerprint density at radius 2 is 1.93 bits per heavy atom. The molecule has 4 aromatic rings. The average molecular weight is 361 g/mol. The van der Waals surface area contributed by atoms with Gasteiger partial charge in [0, 0.05) is 31.8 Å². The molecule has 1 atom stereocenters. The molecule has 0 fully saturated rings. The second-order valence-electron chi connectivity index (χ2n) is 6.90. The Morgan fingerprint density at radius 1 is 1.07 bits per heavy atom. The van der Waals surface area contributed by atoms with E-state index in [1.165, 1.54) is 0 Å². The van der Waals surface area contributed by atoms with E-state index in [1.807, 2.05) is 38.4 Å². The van der Waals surface area contributed by atoms with Crippen molar-refractivity contribution in [3.8, 4) is 22.8 Å². The summed E-state index contributed by atoms with van der Waals surface area (Å²) >= 11 is 0. The van der Waals surface area contributed by atoms with Crippen LogP contribution in [-0.4, -0.2) is 34.7 Å². The largest absolute Gasteiger partial charge is 0.420 e. The summed E-state index contributed by atoms with van der Waals surface area (Å²) in [6.45, 7) is 2.68. The molecule has 8 nitrogen and oxygen atoms in total. The molecule has 5 rings (SSSR count). The maximum Gasteiger partial charge on any atom is 0.251 e. The predicted octanol–water partition coefficient (Wildman–Crippen LogP) is 2.77. The highest BCUT2D eigenvalue weighted by atomic mass is 16.4. The minimum atomic E-state index is 0.147. The van der Waals surface area contributed by atoms with Gasteiger partial charge in [0.15, 0.2) is 5.82 Å². The Labute approximate surface area is 155 Å². The zero-order valence-corrected chi connectivity index (χ0v) is 15.2. The zero-order valence-electron chi connectivity index (χ0n) is 15.2. The molecule has 0 amide bonds. The van der Waals surface area contributed by atoms with Crippen molar-refractivity contribution in [1.82, 2.24) is 34.7 Å². The van der Waals surface area contributed by atoms with Gasteiger partial charge in [0.05, 0.1) is 17.2 Å². The molecule has 0 spiro atoms. The van der Waals surface area contributed by atoms with Gasteiger partial charge in [-0.2, -0.15) is 5.10 Å². The molecule has 0 N–H and O–H groups in total. The molecule has 27 heavy (non-hydrogen) atoms. The summed E-state index contributed by atoms with van der Waals surface area (Å²) < 4.78 is 9.93. The van der Waals surface area contributed by atoms with Gasteiger partial charge in [0.2, 0.25) is 5.89 Å². The van der Waals surface area contributed by atoms with E-state index in [0.717, 1.165) is 47.9 Å². The number of rotatable bonds is 3. The third-order valence-corrected chi connectivity index (χ3v) is 5.01. The Balaban J connectivity index is 1.45. The molecule has 0 saturated heterocycles. The SMILES string of the molecule is Cc1nn(C)cc1-c1nnc(C2CCc3nnc(-c4ccccc4)n3C2)o1. The van der Waals surface area contributed by atoms with Crippen LogP contribution in [0.25, 0.3) is 22.8 Å². The first-order valence-electron chi connectivity index (χ1n) is 9.00. The zero-order chi connectivity index (χ0) is 18.4. The van der Waals surface area contributed by atoms with E-state index >= 15 is 0 Å². The number of aryl methyl sites for hydroxylation is 3. The summed E-state index contributed by atoms with van der Waals surface area (Å²) in [6.07, 6.45) is 3.66. The third-order valence-electron chi connectivity index (χ3n) is 5.01. The molecule has 1 unspecified atom stereocenters. The molecule has 4 heterocycles. The predicted molar refractivity (Wildman–Crippen MR) is 97.8 cm³/mol. The number of benzene rings is 1. The standard InChI is InChI=1S/C19H19N7O/c1-12-15(11-25(2)24-12)19-23-22-18(27-19)14-8-9-16-20-21-17(26(16)10-14)13-6-4-3-5-7-13/h3-7,11,14H,8-10H2,1-2H3. The van der Waals surface area contributed by atoms with Crippen LogP contribution in [0.1, 0.15) is 29.7 Å². The quantitative estimate of drug-likeness (QED) is 0.558. The van der Waals surface area contributed by atoms with Gasteiger partial charge in [-0.05, 0) is 13.3 Å². The topological polar surface area (TPSA) is 87.5 Å². The molecule has 8 heteroatoms. The van der Waals surface area contributed by atoms with Gasteiger partial charge in [0.25, 0.3) is 5.89 Å². The first-order chi connectivity index (χ1) is 13.2. The van der Waals surface area contributed by atoms with Crippen LogP contribution in [0, 0.1) is 6.92 Å². The number of hydrogen-bond acceptors (Lipinski definition) is 6. The summed E-state index contributed by atoms with van der Waals surface area (Å²) in [6, 6.07) is 10.1. The molecule has 1 aliphatic heterocycles. The van der Waals surface area contributed by atoms with Crippen molar-refractivity contribution in [3.05, 3.63) is 53.9 Å². The van der Waals surface area contributed by atoms with Crippen molar-refractivity contribution in [2.45, 2.75) is 32.2 Å². The van der Waals surface area contributed by atoms with Gasteiger partial charge in [-0.15, -0.1) is 20.4 Å². The Morgan fingerprint density at radius 3 is 2.70 bits per heavy atom. The lowest BCUT2D eigenvalue weighted by Crippen LogP contribution is -2.20. The summed E-state index contributed by atoms with van der Waals surface area (Å²) in [4.78, 5) is 0. The summed E-state index contributed by atoms with van der Waals surface area (Å²) in [5.41, 5.74) is 2.82. The first-order valence-corrected chi connectivity index (χ1v) is 9.00. The van der Waals surface area contributed by atoms with Crippen LogP contribution in [0.15, 0.2) is 40.9 Å². The molecule has 0 bridgehead atoms. The number of hydrogen-bond donors (Lipinski definition) is 0. The highest BCUT2D eigenvalue weighted by Crippen LogP contribution is 2.32. The lowest BCUT2D eigenvalue weighted by atomic mass is 9.99. The third kappa shape index (κ3) is 2.73. The van der Waals surface area contributed by atoms with E-state index in [4.69, 9.17) is 4.42 Å². The van der Waals surface area contributed by atoms with Gasteiger partial charge in [-0.25, -0.2) is 0 Å². The van der Waals surface area contributed by atoms with E-state index in [0.29, 0.717) is 11.8 Å². The van der Waals surface area contributed by atoms with E-state index in [-0.39, 0.29) is 5.92 Å². The highest BCUT2D eigenvalue weighted by molar-refractivity contribution is 5.55. The van der Waals surface area contributed by atoms with Crippen molar-refractivity contribution < 1.29 is 4.42 Å². The van der Waals surface area contributed by atoms with Crippen LogP contribution in [0.4, 0.5) is 0 Å². The van der Waals surface area contributed by atoms with Crippen LogP contribution >= 0.6 is 0 Å². The normalized spacial score (nSPS) is 16.4. The van der Waals surface area contributed by atoms with E-state index in [2.05, 4.69) is 42.2 Å². The molecule has 0 radical (unpaired) electrons. The highest BCUT2D eigenvalue weighted by Gasteiger charge is 2.28. The summed E-state index contributed by atoms with van der Waals surface area (Å²) in [7, 11) is 1.88. The molecule has 1 aromatic carbocycles. The average Bonchev–Trinajstić information content (AvgIpc) is 3.40. The fraction of sp³-hybridized carbons (Fsp3) is 0.316. The second-order valence-corrected chi connectivity index (χ2v) is 6.90. The van der Waals surface area contributed by atoms with Crippen molar-refractivity contribution in [2.75, 3.05) is 0 Å². The van der Waals surface area contributed by atoms with Crippen LogP contribution in [0.5, 0.6) is 0 Å². The number of nitrogens with zero attached hydrogens (tertiary/aromatic N) is 7. The minimum absolute atomic E-state index is 0.147. The monoisotopic (exact) mass is 361 g/mol. The fourth-order valence-corrected chi connectivity index (χ4v) is 3.65. The first kappa shape index (κ1) is 15.9. The molecule has 0 aliphatic carbocycles. The maximum absolute atomic E-state index is 6.01. The maximum atomic E-state index is 6.01. The van der Waals surface area contributed by atoms with Crippen LogP contribution in [0.2, 0.25) is 0 Å². The Hall–Kier alpha value is -3.29. The van der Waals surface area contributed by atoms with Crippen molar-refractivity contribution in [3.63, 3.8) is 0 Å². The summed E-state index contributed by atoms with van der Waals surface area (Å²) in [5.74, 6) is 3.22. The second kappa shape index (κ2) is 6.15.